The monoisotopic (exact) mass is 323 g/mol. The Morgan fingerprint density at radius 2 is 2.09 bits per heavy atom. The van der Waals surface area contributed by atoms with Gasteiger partial charge in [-0.3, -0.25) is 4.84 Å². The molecule has 2 aliphatic rings. The average molecular weight is 323 g/mol. The summed E-state index contributed by atoms with van der Waals surface area (Å²) in [4.78, 5) is 5.93. The summed E-state index contributed by atoms with van der Waals surface area (Å²) >= 11 is 0. The fourth-order valence-electron chi connectivity index (χ4n) is 3.11. The van der Waals surface area contributed by atoms with Crippen molar-refractivity contribution in [2.24, 2.45) is 0 Å². The zero-order chi connectivity index (χ0) is 16.2. The molecule has 0 amide bonds. The van der Waals surface area contributed by atoms with Gasteiger partial charge >= 0.3 is 0 Å². The summed E-state index contributed by atoms with van der Waals surface area (Å²) in [5.74, 6) is 0. The van der Waals surface area contributed by atoms with Gasteiger partial charge in [-0.15, -0.1) is 0 Å². The Kier molecular flexibility index (Phi) is 5.63. The third kappa shape index (κ3) is 4.09. The molecule has 0 aromatic heterocycles. The molecule has 2 fully saturated rings. The molecule has 5 atom stereocenters. The molecule has 0 spiro atoms. The molecule has 6 heteroatoms. The van der Waals surface area contributed by atoms with Gasteiger partial charge in [0.1, 0.15) is 12.2 Å². The highest BCUT2D eigenvalue weighted by Gasteiger charge is 2.44. The first kappa shape index (κ1) is 16.8. The molecule has 3 rings (SSSR count). The smallest absolute Gasteiger partial charge is 0.179 e. The van der Waals surface area contributed by atoms with E-state index < -0.39 is 6.10 Å². The summed E-state index contributed by atoms with van der Waals surface area (Å²) in [5, 5.41) is 12.2. The summed E-state index contributed by atoms with van der Waals surface area (Å²) in [6.45, 7) is 5.28. The van der Waals surface area contributed by atoms with E-state index in [2.05, 4.69) is 12.1 Å². The van der Waals surface area contributed by atoms with E-state index in [0.717, 1.165) is 5.56 Å². The van der Waals surface area contributed by atoms with Gasteiger partial charge in [0, 0.05) is 19.6 Å². The standard InChI is InChI=1S/C17H25NO5/c1-3-20-16-9-14(17-15(19)11-21-12(2)22-17)18(23-16)10-13-7-5-4-6-8-13/h4-8,12,14-17,19H,3,9-11H2,1-2H3/t12-,14+,15-,16-,17+/m1/s1. The third-order valence-electron chi connectivity index (χ3n) is 4.20. The molecule has 6 nitrogen and oxygen atoms in total. The maximum absolute atomic E-state index is 10.3. The maximum atomic E-state index is 10.3. The molecular weight excluding hydrogens is 298 g/mol. The molecule has 1 aromatic rings. The molecule has 2 aliphatic heterocycles. The lowest BCUT2D eigenvalue weighted by molar-refractivity contribution is -0.285. The lowest BCUT2D eigenvalue weighted by atomic mass is 10.0. The van der Waals surface area contributed by atoms with Crippen molar-refractivity contribution in [2.75, 3.05) is 13.2 Å². The maximum Gasteiger partial charge on any atom is 0.179 e. The Bertz CT molecular complexity index is 485. The number of hydrogen-bond acceptors (Lipinski definition) is 6. The van der Waals surface area contributed by atoms with E-state index in [1.807, 2.05) is 37.1 Å². The normalized spacial score (nSPS) is 35.5. The summed E-state index contributed by atoms with van der Waals surface area (Å²) in [6, 6.07) is 10.0. The molecular formula is C17H25NO5. The molecule has 0 aliphatic carbocycles. The quantitative estimate of drug-likeness (QED) is 0.890. The zero-order valence-corrected chi connectivity index (χ0v) is 13.6. The Balaban J connectivity index is 1.73. The number of hydroxylamine groups is 2. The lowest BCUT2D eigenvalue weighted by Gasteiger charge is -2.37. The second-order valence-corrected chi connectivity index (χ2v) is 5.92. The van der Waals surface area contributed by atoms with Crippen LogP contribution in [0, 0.1) is 0 Å². The number of hydrogen-bond donors (Lipinski definition) is 1. The zero-order valence-electron chi connectivity index (χ0n) is 13.6. The van der Waals surface area contributed by atoms with Crippen LogP contribution in [0.25, 0.3) is 0 Å². The predicted octanol–water partition coefficient (Wildman–Crippen LogP) is 1.68. The van der Waals surface area contributed by atoms with Crippen LogP contribution in [0.15, 0.2) is 30.3 Å². The number of aliphatic hydroxyl groups excluding tert-OH is 1. The van der Waals surface area contributed by atoms with Crippen LogP contribution >= 0.6 is 0 Å². The minimum atomic E-state index is -0.668. The second-order valence-electron chi connectivity index (χ2n) is 5.92. The van der Waals surface area contributed by atoms with Gasteiger partial charge in [0.15, 0.2) is 12.6 Å². The van der Waals surface area contributed by atoms with E-state index >= 15 is 0 Å². The minimum absolute atomic E-state index is 0.0758. The van der Waals surface area contributed by atoms with Crippen molar-refractivity contribution >= 4 is 0 Å². The Hall–Kier alpha value is -1.02. The third-order valence-corrected chi connectivity index (χ3v) is 4.20. The van der Waals surface area contributed by atoms with Gasteiger partial charge in [-0.25, -0.2) is 0 Å². The van der Waals surface area contributed by atoms with Gasteiger partial charge < -0.3 is 19.3 Å². The molecule has 23 heavy (non-hydrogen) atoms. The molecule has 0 bridgehead atoms. The molecule has 2 saturated heterocycles. The van der Waals surface area contributed by atoms with Crippen molar-refractivity contribution < 1.29 is 24.2 Å². The number of aliphatic hydroxyl groups is 1. The largest absolute Gasteiger partial charge is 0.388 e. The van der Waals surface area contributed by atoms with E-state index in [0.29, 0.717) is 19.6 Å². The topological polar surface area (TPSA) is 60.4 Å². The van der Waals surface area contributed by atoms with Gasteiger partial charge in [0.25, 0.3) is 0 Å². The van der Waals surface area contributed by atoms with Crippen LogP contribution in [0.2, 0.25) is 0 Å². The van der Waals surface area contributed by atoms with Gasteiger partial charge in [0.05, 0.1) is 12.6 Å². The average Bonchev–Trinajstić information content (AvgIpc) is 2.93. The van der Waals surface area contributed by atoms with Gasteiger partial charge in [-0.05, 0) is 19.4 Å². The number of benzene rings is 1. The molecule has 0 saturated carbocycles. The Morgan fingerprint density at radius 3 is 2.83 bits per heavy atom. The first-order valence-electron chi connectivity index (χ1n) is 8.21. The van der Waals surface area contributed by atoms with Crippen LogP contribution < -0.4 is 0 Å². The van der Waals surface area contributed by atoms with Crippen LogP contribution in [0.3, 0.4) is 0 Å². The number of rotatable bonds is 5. The van der Waals surface area contributed by atoms with Crippen LogP contribution in [-0.4, -0.2) is 54.2 Å². The predicted molar refractivity (Wildman–Crippen MR) is 83.2 cm³/mol. The van der Waals surface area contributed by atoms with Crippen molar-refractivity contribution in [1.82, 2.24) is 5.06 Å². The van der Waals surface area contributed by atoms with E-state index in [9.17, 15) is 5.11 Å². The number of ether oxygens (including phenoxy) is 3. The van der Waals surface area contributed by atoms with Crippen LogP contribution in [0.5, 0.6) is 0 Å². The van der Waals surface area contributed by atoms with Crippen molar-refractivity contribution in [3.63, 3.8) is 0 Å². The molecule has 1 aromatic carbocycles. The second kappa shape index (κ2) is 7.70. The van der Waals surface area contributed by atoms with Crippen molar-refractivity contribution in [3.05, 3.63) is 35.9 Å². The summed E-state index contributed by atoms with van der Waals surface area (Å²) in [5.41, 5.74) is 1.14. The Morgan fingerprint density at radius 1 is 1.30 bits per heavy atom. The first-order chi connectivity index (χ1) is 11.2. The molecule has 0 unspecified atom stereocenters. The Labute approximate surface area is 136 Å². The highest BCUT2D eigenvalue weighted by molar-refractivity contribution is 5.14. The van der Waals surface area contributed by atoms with E-state index in [1.165, 1.54) is 0 Å². The highest BCUT2D eigenvalue weighted by atomic mass is 16.8. The fourth-order valence-corrected chi connectivity index (χ4v) is 3.11. The van der Waals surface area contributed by atoms with E-state index in [4.69, 9.17) is 19.0 Å². The van der Waals surface area contributed by atoms with Gasteiger partial charge in [-0.2, -0.15) is 5.06 Å². The molecule has 1 N–H and O–H groups in total. The molecule has 2 heterocycles. The van der Waals surface area contributed by atoms with Gasteiger partial charge in [-0.1, -0.05) is 30.3 Å². The minimum Gasteiger partial charge on any atom is -0.388 e. The van der Waals surface area contributed by atoms with E-state index in [-0.39, 0.29) is 31.3 Å². The molecule has 0 radical (unpaired) electrons. The van der Waals surface area contributed by atoms with Crippen LogP contribution in [0.1, 0.15) is 25.8 Å². The fraction of sp³-hybridized carbons (Fsp3) is 0.647. The van der Waals surface area contributed by atoms with Crippen molar-refractivity contribution in [2.45, 2.75) is 57.6 Å². The van der Waals surface area contributed by atoms with Crippen LogP contribution in [0.4, 0.5) is 0 Å². The SMILES string of the molecule is CCO[C@H]1C[C@@H]([C@@H]2O[C@H](C)OC[C@H]2O)N(Cc2ccccc2)O1. The van der Waals surface area contributed by atoms with Crippen molar-refractivity contribution in [1.29, 1.82) is 0 Å². The van der Waals surface area contributed by atoms with Gasteiger partial charge in [0.2, 0.25) is 0 Å². The summed E-state index contributed by atoms with van der Waals surface area (Å²) in [6.07, 6.45) is -0.989. The summed E-state index contributed by atoms with van der Waals surface area (Å²) in [7, 11) is 0. The number of nitrogens with zero attached hydrogens (tertiary/aromatic N) is 1. The summed E-state index contributed by atoms with van der Waals surface area (Å²) < 4.78 is 16.8. The highest BCUT2D eigenvalue weighted by Crippen LogP contribution is 2.31. The van der Waals surface area contributed by atoms with Crippen molar-refractivity contribution in [3.8, 4) is 0 Å². The lowest BCUT2D eigenvalue weighted by Crippen LogP contribution is -2.52. The first-order valence-corrected chi connectivity index (χ1v) is 8.21. The van der Waals surface area contributed by atoms with E-state index in [1.54, 1.807) is 0 Å². The molecule has 128 valence electrons. The van der Waals surface area contributed by atoms with Crippen LogP contribution in [-0.2, 0) is 25.6 Å².